The molecule has 0 aliphatic carbocycles. The van der Waals surface area contributed by atoms with Crippen molar-refractivity contribution in [1.29, 1.82) is 0 Å². The number of likely N-dealkylation sites (N-methyl/N-ethyl adjacent to an activating group) is 2. The summed E-state index contributed by atoms with van der Waals surface area (Å²) in [5.41, 5.74) is 3.27. The van der Waals surface area contributed by atoms with Gasteiger partial charge >= 0.3 is 0 Å². The molecule has 0 aliphatic heterocycles. The highest BCUT2D eigenvalue weighted by atomic mass is 19.1. The van der Waals surface area contributed by atoms with Gasteiger partial charge in [0.05, 0.1) is 35.4 Å². The lowest BCUT2D eigenvalue weighted by Gasteiger charge is -2.25. The smallest absolute Gasteiger partial charge is 0.227 e. The maximum atomic E-state index is 14.7. The number of nitrogens with one attached hydrogen (secondary N) is 2. The topological polar surface area (TPSA) is 87.5 Å². The SMILES string of the molecule is COc1cc(N(C)CCN(C)C)c(NC=O)cc1Nc1nccc(-c2cn(C)c3cc(F)cc(F)c23)n1. The van der Waals surface area contributed by atoms with Crippen LogP contribution in [0, 0.1) is 11.6 Å². The fourth-order valence-corrected chi connectivity index (χ4v) is 4.12. The second-order valence-corrected chi connectivity index (χ2v) is 8.88. The van der Waals surface area contributed by atoms with E-state index in [4.69, 9.17) is 4.74 Å². The van der Waals surface area contributed by atoms with E-state index in [-0.39, 0.29) is 11.3 Å². The zero-order valence-corrected chi connectivity index (χ0v) is 21.3. The summed E-state index contributed by atoms with van der Waals surface area (Å²) in [5, 5.41) is 6.15. The predicted molar refractivity (Wildman–Crippen MR) is 142 cm³/mol. The molecule has 0 bridgehead atoms. The van der Waals surface area contributed by atoms with Crippen LogP contribution in [0.3, 0.4) is 0 Å². The summed E-state index contributed by atoms with van der Waals surface area (Å²) in [4.78, 5) is 24.3. The quantitative estimate of drug-likeness (QED) is 0.309. The fourth-order valence-electron chi connectivity index (χ4n) is 4.12. The number of ether oxygens (including phenoxy) is 1. The molecule has 4 rings (SSSR count). The minimum Gasteiger partial charge on any atom is -0.494 e. The van der Waals surface area contributed by atoms with Crippen molar-refractivity contribution in [3.05, 3.63) is 54.4 Å². The van der Waals surface area contributed by atoms with Gasteiger partial charge in [0.25, 0.3) is 0 Å². The number of rotatable bonds is 10. The molecule has 0 saturated heterocycles. The highest BCUT2D eigenvalue weighted by Gasteiger charge is 2.18. The van der Waals surface area contributed by atoms with Crippen molar-refractivity contribution in [2.75, 3.05) is 56.9 Å². The van der Waals surface area contributed by atoms with Gasteiger partial charge in [-0.2, -0.15) is 0 Å². The molecule has 2 aromatic heterocycles. The predicted octanol–water partition coefficient (Wildman–Crippen LogP) is 4.23. The number of anilines is 4. The molecule has 194 valence electrons. The maximum absolute atomic E-state index is 14.7. The first-order valence-corrected chi connectivity index (χ1v) is 11.5. The first kappa shape index (κ1) is 25.8. The van der Waals surface area contributed by atoms with Gasteiger partial charge in [0, 0.05) is 62.7 Å². The Morgan fingerprint density at radius 3 is 2.59 bits per heavy atom. The summed E-state index contributed by atoms with van der Waals surface area (Å²) in [5.74, 6) is -0.561. The third-order valence-electron chi connectivity index (χ3n) is 6.01. The van der Waals surface area contributed by atoms with Crippen molar-refractivity contribution < 1.29 is 18.3 Å². The van der Waals surface area contributed by atoms with Crippen LogP contribution in [0.5, 0.6) is 5.75 Å². The second kappa shape index (κ2) is 10.8. The van der Waals surface area contributed by atoms with Crippen molar-refractivity contribution in [3.8, 4) is 17.0 Å². The van der Waals surface area contributed by atoms with Crippen LogP contribution in [0.25, 0.3) is 22.2 Å². The molecule has 0 radical (unpaired) electrons. The number of aromatic nitrogens is 3. The van der Waals surface area contributed by atoms with Crippen molar-refractivity contribution in [2.24, 2.45) is 7.05 Å². The van der Waals surface area contributed by atoms with Gasteiger partial charge in [0.1, 0.15) is 17.4 Å². The fraction of sp³-hybridized carbons (Fsp3) is 0.269. The van der Waals surface area contributed by atoms with E-state index >= 15 is 0 Å². The highest BCUT2D eigenvalue weighted by molar-refractivity contribution is 5.96. The molecule has 1 amide bonds. The highest BCUT2D eigenvalue weighted by Crippen LogP contribution is 2.38. The van der Waals surface area contributed by atoms with Crippen LogP contribution in [-0.4, -0.2) is 67.2 Å². The average molecular weight is 510 g/mol. The lowest BCUT2D eigenvalue weighted by molar-refractivity contribution is -0.105. The lowest BCUT2D eigenvalue weighted by atomic mass is 10.1. The molecule has 4 aromatic rings. The molecule has 9 nitrogen and oxygen atoms in total. The minimum absolute atomic E-state index is 0.237. The van der Waals surface area contributed by atoms with Crippen molar-refractivity contribution in [1.82, 2.24) is 19.4 Å². The van der Waals surface area contributed by atoms with E-state index in [9.17, 15) is 13.6 Å². The molecule has 2 N–H and O–H groups in total. The number of methoxy groups -OCH3 is 1. The number of amides is 1. The largest absolute Gasteiger partial charge is 0.494 e. The molecule has 37 heavy (non-hydrogen) atoms. The molecule has 0 fully saturated rings. The van der Waals surface area contributed by atoms with Crippen LogP contribution >= 0.6 is 0 Å². The molecule has 0 spiro atoms. The van der Waals surface area contributed by atoms with E-state index in [1.807, 2.05) is 32.1 Å². The molecular formula is C26H29F2N7O2. The van der Waals surface area contributed by atoms with E-state index in [1.165, 1.54) is 6.07 Å². The summed E-state index contributed by atoms with van der Waals surface area (Å²) >= 11 is 0. The van der Waals surface area contributed by atoms with E-state index < -0.39 is 11.6 Å². The molecule has 0 atom stereocenters. The van der Waals surface area contributed by atoms with Gasteiger partial charge in [-0.1, -0.05) is 0 Å². The molecule has 2 aromatic carbocycles. The summed E-state index contributed by atoms with van der Waals surface area (Å²) < 4.78 is 35.7. The first-order chi connectivity index (χ1) is 17.7. The second-order valence-electron chi connectivity index (χ2n) is 8.88. The number of benzene rings is 2. The van der Waals surface area contributed by atoms with E-state index in [0.29, 0.717) is 40.3 Å². The molecule has 11 heteroatoms. The minimum atomic E-state index is -0.668. The Morgan fingerprint density at radius 2 is 1.89 bits per heavy atom. The van der Waals surface area contributed by atoms with Crippen molar-refractivity contribution in [3.63, 3.8) is 0 Å². The number of halogens is 2. The van der Waals surface area contributed by atoms with Gasteiger partial charge in [0.15, 0.2) is 0 Å². The van der Waals surface area contributed by atoms with Crippen LogP contribution in [0.15, 0.2) is 42.7 Å². The number of hydrogen-bond donors (Lipinski definition) is 2. The Labute approximate surface area is 213 Å². The normalized spacial score (nSPS) is 11.1. The number of hydrogen-bond acceptors (Lipinski definition) is 7. The maximum Gasteiger partial charge on any atom is 0.227 e. The summed E-state index contributed by atoms with van der Waals surface area (Å²) in [6.07, 6.45) is 3.86. The van der Waals surface area contributed by atoms with E-state index in [1.54, 1.807) is 43.3 Å². The van der Waals surface area contributed by atoms with Gasteiger partial charge in [-0.05, 0) is 32.3 Å². The molecule has 0 saturated carbocycles. The summed E-state index contributed by atoms with van der Waals surface area (Å²) in [6.45, 7) is 1.55. The standard InChI is InChI=1S/C26H29F2N7O2/c1-33(2)8-9-34(3)22-13-24(37-5)21(12-20(22)30-15-36)32-26-29-7-6-19(31-26)17-14-35(4)23-11-16(27)10-18(28)25(17)23/h6-7,10-15H,8-9H2,1-5H3,(H,30,36)(H,29,31,32). The van der Waals surface area contributed by atoms with Crippen molar-refractivity contribution in [2.45, 2.75) is 0 Å². The Morgan fingerprint density at radius 1 is 1.11 bits per heavy atom. The van der Waals surface area contributed by atoms with Gasteiger partial charge in [-0.3, -0.25) is 4.79 Å². The summed E-state index contributed by atoms with van der Waals surface area (Å²) in [7, 11) is 9.18. The van der Waals surface area contributed by atoms with E-state index in [0.717, 1.165) is 24.8 Å². The molecule has 0 unspecified atom stereocenters. The number of carbonyl (C=O) groups excluding carboxylic acids is 1. The van der Waals surface area contributed by atoms with Gasteiger partial charge in [-0.15, -0.1) is 0 Å². The Bertz CT molecular complexity index is 1440. The van der Waals surface area contributed by atoms with Crippen LogP contribution < -0.4 is 20.3 Å². The van der Waals surface area contributed by atoms with Gasteiger partial charge < -0.3 is 29.7 Å². The van der Waals surface area contributed by atoms with Gasteiger partial charge in [0.2, 0.25) is 12.4 Å². The van der Waals surface area contributed by atoms with Crippen LogP contribution in [-0.2, 0) is 11.8 Å². The van der Waals surface area contributed by atoms with Gasteiger partial charge in [-0.25, -0.2) is 18.7 Å². The molecular weight excluding hydrogens is 480 g/mol. The Kier molecular flexibility index (Phi) is 7.53. The monoisotopic (exact) mass is 509 g/mol. The number of fused-ring (bicyclic) bond motifs is 1. The zero-order valence-electron chi connectivity index (χ0n) is 21.3. The van der Waals surface area contributed by atoms with Crippen molar-refractivity contribution >= 4 is 40.3 Å². The zero-order chi connectivity index (χ0) is 26.7. The summed E-state index contributed by atoms with van der Waals surface area (Å²) in [6, 6.07) is 7.36. The van der Waals surface area contributed by atoms with E-state index in [2.05, 4.69) is 25.5 Å². The lowest BCUT2D eigenvalue weighted by Crippen LogP contribution is -2.29. The number of carbonyl (C=O) groups is 1. The van der Waals surface area contributed by atoms with Crippen LogP contribution in [0.4, 0.5) is 31.8 Å². The van der Waals surface area contributed by atoms with Crippen LogP contribution in [0.2, 0.25) is 0 Å². The third-order valence-corrected chi connectivity index (χ3v) is 6.01. The first-order valence-electron chi connectivity index (χ1n) is 11.5. The Hall–Kier alpha value is -4.25. The number of nitrogens with zero attached hydrogens (tertiary/aromatic N) is 5. The Balaban J connectivity index is 1.71. The third kappa shape index (κ3) is 5.46. The average Bonchev–Trinajstić information content (AvgIpc) is 3.19. The molecule has 2 heterocycles. The van der Waals surface area contributed by atoms with Crippen LogP contribution in [0.1, 0.15) is 0 Å². The molecule has 0 aliphatic rings. The number of aryl methyl sites for hydroxylation is 1.